The topological polar surface area (TPSA) is 3.24 Å². The highest BCUT2D eigenvalue weighted by molar-refractivity contribution is 4.53. The highest BCUT2D eigenvalue weighted by Crippen LogP contribution is 1.99. The molecule has 0 rings (SSSR count). The second-order valence-electron chi connectivity index (χ2n) is 2.99. The Kier molecular flexibility index (Phi) is 4.78. The van der Waals surface area contributed by atoms with Gasteiger partial charge in [-0.1, -0.05) is 13.8 Å². The Morgan fingerprint density at radius 3 is 2.33 bits per heavy atom. The fraction of sp³-hybridized carbons (Fsp3) is 0.875. The number of hydrogen-bond donors (Lipinski definition) is 0. The zero-order valence-corrected chi connectivity index (χ0v) is 6.85. The lowest BCUT2D eigenvalue weighted by Crippen LogP contribution is -2.20. The third kappa shape index (κ3) is 5.84. The average molecular weight is 128 g/mol. The number of rotatable bonds is 4. The van der Waals surface area contributed by atoms with Crippen LogP contribution in [0.5, 0.6) is 0 Å². The lowest BCUT2D eigenvalue weighted by Gasteiger charge is -2.14. The monoisotopic (exact) mass is 128 g/mol. The van der Waals surface area contributed by atoms with Crippen LogP contribution in [-0.4, -0.2) is 25.0 Å². The van der Waals surface area contributed by atoms with E-state index in [1.807, 2.05) is 0 Å². The summed E-state index contributed by atoms with van der Waals surface area (Å²) in [6.45, 7) is 10.4. The minimum absolute atomic E-state index is 0.819. The Morgan fingerprint density at radius 1 is 1.44 bits per heavy atom. The molecular formula is C8H18N. The van der Waals surface area contributed by atoms with Crippen LogP contribution in [-0.2, 0) is 0 Å². The normalized spacial score (nSPS) is 11.3. The molecule has 0 aliphatic heterocycles. The molecule has 9 heavy (non-hydrogen) atoms. The average Bonchev–Trinajstić information content (AvgIpc) is 1.83. The van der Waals surface area contributed by atoms with Gasteiger partial charge in [-0.3, -0.25) is 0 Å². The molecule has 0 unspecified atom stereocenters. The van der Waals surface area contributed by atoms with Gasteiger partial charge >= 0.3 is 0 Å². The maximum Gasteiger partial charge on any atom is -0.00194 e. The molecule has 0 aliphatic rings. The maximum atomic E-state index is 3.79. The number of hydrogen-bond acceptors (Lipinski definition) is 1. The van der Waals surface area contributed by atoms with Gasteiger partial charge in [-0.15, -0.1) is 0 Å². The maximum absolute atomic E-state index is 3.79. The van der Waals surface area contributed by atoms with E-state index < -0.39 is 0 Å². The van der Waals surface area contributed by atoms with Gasteiger partial charge in [0.05, 0.1) is 0 Å². The Morgan fingerprint density at radius 2 is 2.00 bits per heavy atom. The van der Waals surface area contributed by atoms with Crippen LogP contribution in [0.1, 0.15) is 20.3 Å². The van der Waals surface area contributed by atoms with Gasteiger partial charge in [0.1, 0.15) is 0 Å². The summed E-state index contributed by atoms with van der Waals surface area (Å²) < 4.78 is 0. The van der Waals surface area contributed by atoms with Crippen molar-refractivity contribution in [3.05, 3.63) is 6.92 Å². The van der Waals surface area contributed by atoms with Crippen LogP contribution in [0.4, 0.5) is 0 Å². The molecule has 0 N–H and O–H groups in total. The zero-order valence-electron chi connectivity index (χ0n) is 6.85. The predicted octanol–water partition coefficient (Wildman–Crippen LogP) is 1.80. The van der Waals surface area contributed by atoms with E-state index in [1.54, 1.807) is 0 Å². The van der Waals surface area contributed by atoms with Crippen LogP contribution in [0, 0.1) is 12.8 Å². The number of nitrogens with zero attached hydrogens (tertiary/aromatic N) is 1. The van der Waals surface area contributed by atoms with Gasteiger partial charge in [0.2, 0.25) is 0 Å². The lowest BCUT2D eigenvalue weighted by molar-refractivity contribution is 0.338. The molecule has 0 atom stereocenters. The molecule has 0 aromatic heterocycles. The summed E-state index contributed by atoms with van der Waals surface area (Å²) in [5.41, 5.74) is 0. The molecule has 0 saturated heterocycles. The third-order valence-electron chi connectivity index (χ3n) is 1.47. The summed E-state index contributed by atoms with van der Waals surface area (Å²) in [5.74, 6) is 0.819. The molecular weight excluding hydrogens is 110 g/mol. The first-order valence-corrected chi connectivity index (χ1v) is 3.64. The zero-order chi connectivity index (χ0) is 7.28. The third-order valence-corrected chi connectivity index (χ3v) is 1.47. The van der Waals surface area contributed by atoms with Crippen molar-refractivity contribution >= 4 is 0 Å². The Labute approximate surface area is 59.1 Å². The summed E-state index contributed by atoms with van der Waals surface area (Å²) in [5, 5.41) is 0. The van der Waals surface area contributed by atoms with Crippen LogP contribution in [0.3, 0.4) is 0 Å². The summed E-state index contributed by atoms with van der Waals surface area (Å²) in [6, 6.07) is 0. The van der Waals surface area contributed by atoms with Gasteiger partial charge < -0.3 is 4.90 Å². The van der Waals surface area contributed by atoms with Crippen molar-refractivity contribution < 1.29 is 0 Å². The smallest absolute Gasteiger partial charge is 0.00194 e. The van der Waals surface area contributed by atoms with Gasteiger partial charge in [-0.05, 0) is 39.4 Å². The quantitative estimate of drug-likeness (QED) is 0.558. The van der Waals surface area contributed by atoms with Crippen molar-refractivity contribution in [1.82, 2.24) is 4.90 Å². The van der Waals surface area contributed by atoms with Crippen molar-refractivity contribution in [1.29, 1.82) is 0 Å². The molecule has 0 aromatic rings. The Hall–Kier alpha value is -0.0400. The molecule has 0 saturated carbocycles. The molecule has 0 spiro atoms. The van der Waals surface area contributed by atoms with Crippen molar-refractivity contribution in [3.63, 3.8) is 0 Å². The largest absolute Gasteiger partial charge is 0.306 e. The van der Waals surface area contributed by atoms with Crippen molar-refractivity contribution in [2.45, 2.75) is 20.3 Å². The van der Waals surface area contributed by atoms with Crippen LogP contribution in [0.25, 0.3) is 0 Å². The highest BCUT2D eigenvalue weighted by Gasteiger charge is 1.96. The van der Waals surface area contributed by atoms with Crippen LogP contribution in [0.2, 0.25) is 0 Å². The van der Waals surface area contributed by atoms with E-state index in [9.17, 15) is 0 Å². The summed E-state index contributed by atoms with van der Waals surface area (Å²) in [7, 11) is 2.11. The van der Waals surface area contributed by atoms with E-state index in [-0.39, 0.29) is 0 Å². The summed E-state index contributed by atoms with van der Waals surface area (Å²) in [4.78, 5) is 2.24. The van der Waals surface area contributed by atoms with Gasteiger partial charge in [-0.2, -0.15) is 0 Å². The molecule has 1 radical (unpaired) electrons. The minimum Gasteiger partial charge on any atom is -0.306 e. The van der Waals surface area contributed by atoms with Gasteiger partial charge in [0.25, 0.3) is 0 Å². The molecule has 55 valence electrons. The summed E-state index contributed by atoms with van der Waals surface area (Å²) >= 11 is 0. The highest BCUT2D eigenvalue weighted by atomic mass is 15.1. The van der Waals surface area contributed by atoms with Crippen molar-refractivity contribution in [3.8, 4) is 0 Å². The molecule has 1 heteroatoms. The van der Waals surface area contributed by atoms with E-state index >= 15 is 0 Å². The molecule has 0 amide bonds. The summed E-state index contributed by atoms with van der Waals surface area (Å²) in [6.07, 6.45) is 1.28. The SMILES string of the molecule is [CH2]CN(C)CCC(C)C. The molecule has 1 nitrogen and oxygen atoms in total. The van der Waals surface area contributed by atoms with Crippen LogP contribution >= 0.6 is 0 Å². The minimum atomic E-state index is 0.819. The van der Waals surface area contributed by atoms with Gasteiger partial charge in [0.15, 0.2) is 0 Å². The van der Waals surface area contributed by atoms with E-state index in [0.29, 0.717) is 0 Å². The van der Waals surface area contributed by atoms with Crippen LogP contribution < -0.4 is 0 Å². The first-order valence-electron chi connectivity index (χ1n) is 3.64. The van der Waals surface area contributed by atoms with Crippen molar-refractivity contribution in [2.75, 3.05) is 20.1 Å². The fourth-order valence-electron chi connectivity index (χ4n) is 0.590. The molecule has 0 bridgehead atoms. The predicted molar refractivity (Wildman–Crippen MR) is 42.3 cm³/mol. The first kappa shape index (κ1) is 8.96. The molecule has 0 aliphatic carbocycles. The Bertz CT molecular complexity index is 59.6. The second kappa shape index (κ2) is 4.80. The molecule has 0 heterocycles. The lowest BCUT2D eigenvalue weighted by atomic mass is 10.1. The van der Waals surface area contributed by atoms with E-state index in [0.717, 1.165) is 12.5 Å². The molecule has 0 aromatic carbocycles. The van der Waals surface area contributed by atoms with Crippen molar-refractivity contribution in [2.24, 2.45) is 5.92 Å². The van der Waals surface area contributed by atoms with Crippen LogP contribution in [0.15, 0.2) is 0 Å². The van der Waals surface area contributed by atoms with Gasteiger partial charge in [0, 0.05) is 0 Å². The molecule has 0 fully saturated rings. The van der Waals surface area contributed by atoms with E-state index in [4.69, 9.17) is 0 Å². The first-order chi connectivity index (χ1) is 4.16. The standard InChI is InChI=1S/C8H18N/c1-5-9(4)7-6-8(2)3/h8H,1,5-7H2,2-4H3. The fourth-order valence-corrected chi connectivity index (χ4v) is 0.590. The van der Waals surface area contributed by atoms with Gasteiger partial charge in [-0.25, -0.2) is 0 Å². The Balaban J connectivity index is 3.06. The second-order valence-corrected chi connectivity index (χ2v) is 2.99. The van der Waals surface area contributed by atoms with E-state index in [2.05, 4.69) is 32.7 Å². The van der Waals surface area contributed by atoms with E-state index in [1.165, 1.54) is 13.0 Å².